The van der Waals surface area contributed by atoms with Gasteiger partial charge in [-0.1, -0.05) is 20.3 Å². The molecule has 0 aromatic heterocycles. The van der Waals surface area contributed by atoms with Crippen LogP contribution in [0.4, 0.5) is 0 Å². The quantitative estimate of drug-likeness (QED) is 0.642. The summed E-state index contributed by atoms with van der Waals surface area (Å²) < 4.78 is 5.48. The van der Waals surface area contributed by atoms with Gasteiger partial charge in [0, 0.05) is 13.2 Å². The fourth-order valence-corrected chi connectivity index (χ4v) is 0.712. The maximum atomic E-state index is 8.58. The summed E-state index contributed by atoms with van der Waals surface area (Å²) in [6.07, 6.45) is 2.11. The van der Waals surface area contributed by atoms with E-state index in [9.17, 15) is 0 Å². The van der Waals surface area contributed by atoms with Gasteiger partial charge in [-0.25, -0.2) is 0 Å². The van der Waals surface area contributed by atoms with Crippen molar-refractivity contribution in [3.8, 4) is 0 Å². The van der Waals surface area contributed by atoms with Crippen LogP contribution >= 0.6 is 0 Å². The highest BCUT2D eigenvalue weighted by atomic mass is 16.5. The minimum atomic E-state index is 0.203. The first kappa shape index (κ1) is 10.9. The molecular formula is C9H20O2. The van der Waals surface area contributed by atoms with Crippen LogP contribution in [0, 0.1) is 5.92 Å². The van der Waals surface area contributed by atoms with Crippen LogP contribution in [0.3, 0.4) is 0 Å². The Kier molecular flexibility index (Phi) is 6.57. The van der Waals surface area contributed by atoms with Crippen molar-refractivity contribution in [2.24, 2.45) is 5.92 Å². The fraction of sp³-hybridized carbons (Fsp3) is 1.00. The zero-order valence-electron chi connectivity index (χ0n) is 7.84. The van der Waals surface area contributed by atoms with Crippen molar-refractivity contribution in [3.05, 3.63) is 0 Å². The van der Waals surface area contributed by atoms with Gasteiger partial charge in [0.1, 0.15) is 0 Å². The summed E-state index contributed by atoms with van der Waals surface area (Å²) in [6.45, 7) is 7.37. The van der Waals surface area contributed by atoms with Crippen LogP contribution in [0.5, 0.6) is 0 Å². The van der Waals surface area contributed by atoms with E-state index in [1.807, 2.05) is 6.92 Å². The van der Waals surface area contributed by atoms with Crippen LogP contribution in [0.2, 0.25) is 0 Å². The molecule has 2 atom stereocenters. The lowest BCUT2D eigenvalue weighted by molar-refractivity contribution is 0.0284. The van der Waals surface area contributed by atoms with Crippen molar-refractivity contribution in [2.45, 2.75) is 39.7 Å². The van der Waals surface area contributed by atoms with Gasteiger partial charge in [-0.05, 0) is 19.3 Å². The summed E-state index contributed by atoms with van der Waals surface area (Å²) in [5, 5.41) is 8.58. The maximum absolute atomic E-state index is 8.58. The monoisotopic (exact) mass is 160 g/mol. The topological polar surface area (TPSA) is 29.5 Å². The number of aliphatic hydroxyl groups excluding tert-OH is 1. The van der Waals surface area contributed by atoms with Crippen molar-refractivity contribution in [3.63, 3.8) is 0 Å². The van der Waals surface area contributed by atoms with E-state index in [2.05, 4.69) is 13.8 Å². The zero-order valence-corrected chi connectivity index (χ0v) is 7.84. The molecule has 0 aliphatic rings. The largest absolute Gasteiger partial charge is 0.396 e. The van der Waals surface area contributed by atoms with Crippen molar-refractivity contribution < 1.29 is 9.84 Å². The molecule has 0 aliphatic carbocycles. The third-order valence-corrected chi connectivity index (χ3v) is 1.90. The van der Waals surface area contributed by atoms with Gasteiger partial charge in [-0.3, -0.25) is 0 Å². The van der Waals surface area contributed by atoms with Crippen LogP contribution in [0.15, 0.2) is 0 Å². The third kappa shape index (κ3) is 6.32. The molecule has 0 amide bonds. The Morgan fingerprint density at radius 2 is 2.00 bits per heavy atom. The summed E-state index contributed by atoms with van der Waals surface area (Å²) in [5.41, 5.74) is 0. The molecule has 0 saturated carbocycles. The summed E-state index contributed by atoms with van der Waals surface area (Å²) >= 11 is 0. The highest BCUT2D eigenvalue weighted by Crippen LogP contribution is 2.04. The Balaban J connectivity index is 3.22. The molecule has 0 aromatic rings. The van der Waals surface area contributed by atoms with Crippen LogP contribution in [-0.4, -0.2) is 24.4 Å². The summed E-state index contributed by atoms with van der Waals surface area (Å²) in [4.78, 5) is 0. The van der Waals surface area contributed by atoms with E-state index in [4.69, 9.17) is 9.84 Å². The van der Waals surface area contributed by atoms with Crippen LogP contribution in [-0.2, 0) is 4.74 Å². The Hall–Kier alpha value is -0.0800. The highest BCUT2D eigenvalue weighted by Gasteiger charge is 2.03. The lowest BCUT2D eigenvalue weighted by Gasteiger charge is -2.14. The summed E-state index contributed by atoms with van der Waals surface area (Å²) in [7, 11) is 0. The molecule has 0 aliphatic heterocycles. The zero-order chi connectivity index (χ0) is 8.69. The predicted molar refractivity (Wildman–Crippen MR) is 46.6 cm³/mol. The van der Waals surface area contributed by atoms with Gasteiger partial charge in [-0.15, -0.1) is 0 Å². The van der Waals surface area contributed by atoms with Crippen LogP contribution < -0.4 is 0 Å². The molecule has 0 fully saturated rings. The van der Waals surface area contributed by atoms with Gasteiger partial charge in [0.2, 0.25) is 0 Å². The van der Waals surface area contributed by atoms with E-state index in [1.165, 1.54) is 0 Å². The van der Waals surface area contributed by atoms with E-state index < -0.39 is 0 Å². The molecule has 0 bridgehead atoms. The first-order valence-corrected chi connectivity index (χ1v) is 4.43. The van der Waals surface area contributed by atoms with Crippen LogP contribution in [0.25, 0.3) is 0 Å². The molecule has 0 saturated heterocycles. The summed E-state index contributed by atoms with van der Waals surface area (Å²) in [5.74, 6) is 0.635. The lowest BCUT2D eigenvalue weighted by atomic mass is 10.1. The number of rotatable bonds is 6. The molecule has 2 heteroatoms. The lowest BCUT2D eigenvalue weighted by Crippen LogP contribution is -2.14. The second-order valence-corrected chi connectivity index (χ2v) is 3.17. The molecule has 0 spiro atoms. The van der Waals surface area contributed by atoms with Crippen molar-refractivity contribution in [2.75, 3.05) is 13.2 Å². The van der Waals surface area contributed by atoms with Crippen molar-refractivity contribution in [1.82, 2.24) is 0 Å². The van der Waals surface area contributed by atoms with E-state index in [1.54, 1.807) is 0 Å². The average Bonchev–Trinajstić information content (AvgIpc) is 2.01. The van der Waals surface area contributed by atoms with E-state index in [0.717, 1.165) is 19.4 Å². The average molecular weight is 160 g/mol. The fourth-order valence-electron chi connectivity index (χ4n) is 0.712. The second-order valence-electron chi connectivity index (χ2n) is 3.17. The Morgan fingerprint density at radius 3 is 2.45 bits per heavy atom. The Morgan fingerprint density at radius 1 is 1.36 bits per heavy atom. The van der Waals surface area contributed by atoms with Gasteiger partial charge < -0.3 is 9.84 Å². The minimum absolute atomic E-state index is 0.203. The maximum Gasteiger partial charge on any atom is 0.0569 e. The molecule has 0 rings (SSSR count). The van der Waals surface area contributed by atoms with Crippen molar-refractivity contribution in [1.29, 1.82) is 0 Å². The van der Waals surface area contributed by atoms with Crippen LogP contribution in [0.1, 0.15) is 33.6 Å². The molecule has 1 N–H and O–H groups in total. The van der Waals surface area contributed by atoms with Gasteiger partial charge in [0.05, 0.1) is 6.10 Å². The molecule has 0 radical (unpaired) electrons. The number of hydrogen-bond acceptors (Lipinski definition) is 2. The third-order valence-electron chi connectivity index (χ3n) is 1.90. The molecule has 2 nitrogen and oxygen atoms in total. The molecule has 1 unspecified atom stereocenters. The van der Waals surface area contributed by atoms with Gasteiger partial charge >= 0.3 is 0 Å². The SMILES string of the molecule is CCC(C)CO[C@@H](C)CCO. The van der Waals surface area contributed by atoms with Gasteiger partial charge in [-0.2, -0.15) is 0 Å². The second kappa shape index (κ2) is 6.62. The normalized spacial score (nSPS) is 16.4. The smallest absolute Gasteiger partial charge is 0.0569 e. The van der Waals surface area contributed by atoms with Gasteiger partial charge in [0.25, 0.3) is 0 Å². The van der Waals surface area contributed by atoms with Gasteiger partial charge in [0.15, 0.2) is 0 Å². The molecule has 0 heterocycles. The van der Waals surface area contributed by atoms with E-state index in [0.29, 0.717) is 5.92 Å². The summed E-state index contributed by atoms with van der Waals surface area (Å²) in [6, 6.07) is 0. The minimum Gasteiger partial charge on any atom is -0.396 e. The highest BCUT2D eigenvalue weighted by molar-refractivity contribution is 4.51. The predicted octanol–water partition coefficient (Wildman–Crippen LogP) is 1.82. The standard InChI is InChI=1S/C9H20O2/c1-4-8(2)7-11-9(3)5-6-10/h8-10H,4-7H2,1-3H3/t8?,9-/m0/s1. The molecule has 68 valence electrons. The van der Waals surface area contributed by atoms with Crippen molar-refractivity contribution >= 4 is 0 Å². The molecule has 0 aromatic carbocycles. The number of ether oxygens (including phenoxy) is 1. The first-order valence-electron chi connectivity index (χ1n) is 4.43. The Labute approximate surface area is 69.6 Å². The van der Waals surface area contributed by atoms with E-state index >= 15 is 0 Å². The van der Waals surface area contributed by atoms with E-state index in [-0.39, 0.29) is 12.7 Å². The first-order chi connectivity index (χ1) is 5.20. The Bertz CT molecular complexity index is 83.6. The number of aliphatic hydroxyl groups is 1. The number of hydrogen-bond donors (Lipinski definition) is 1. The molecule has 11 heavy (non-hydrogen) atoms. The molecular weight excluding hydrogens is 140 g/mol.